The van der Waals surface area contributed by atoms with Crippen LogP contribution in [0.3, 0.4) is 0 Å². The van der Waals surface area contributed by atoms with Crippen LogP contribution < -0.4 is 5.32 Å². The zero-order valence-electron chi connectivity index (χ0n) is 13.1. The van der Waals surface area contributed by atoms with Gasteiger partial charge in [0.2, 0.25) is 0 Å². The van der Waals surface area contributed by atoms with Gasteiger partial charge in [0, 0.05) is 31.3 Å². The number of ether oxygens (including phenoxy) is 1. The highest BCUT2D eigenvalue weighted by molar-refractivity contribution is 6.18. The molecule has 1 aromatic carbocycles. The second-order valence-electron chi connectivity index (χ2n) is 4.81. The van der Waals surface area contributed by atoms with Gasteiger partial charge in [-0.3, -0.25) is 0 Å². The molecule has 1 unspecified atom stereocenters. The summed E-state index contributed by atoms with van der Waals surface area (Å²) in [4.78, 5) is 25.9. The van der Waals surface area contributed by atoms with E-state index in [0.29, 0.717) is 31.3 Å². The number of nitrogens with one attached hydrogen (secondary N) is 1. The molecular formula is C16H22Cl2N2O3. The molecule has 7 heteroatoms. The van der Waals surface area contributed by atoms with E-state index in [1.807, 2.05) is 30.3 Å². The highest BCUT2D eigenvalue weighted by Gasteiger charge is 2.24. The second kappa shape index (κ2) is 11.1. The average Bonchev–Trinajstić information content (AvgIpc) is 2.55. The Kier molecular flexibility index (Phi) is 9.48. The number of carbonyl (C=O) groups excluding carboxylic acids is 2. The van der Waals surface area contributed by atoms with Gasteiger partial charge in [0.15, 0.2) is 0 Å². The van der Waals surface area contributed by atoms with Crippen LogP contribution in [0.1, 0.15) is 12.5 Å². The molecule has 0 saturated heterocycles. The molecule has 0 spiro atoms. The molecular weight excluding hydrogens is 339 g/mol. The summed E-state index contributed by atoms with van der Waals surface area (Å²) in [6, 6.07) is 8.32. The summed E-state index contributed by atoms with van der Waals surface area (Å²) in [6.45, 7) is 2.71. The van der Waals surface area contributed by atoms with Crippen molar-refractivity contribution in [1.29, 1.82) is 0 Å². The molecule has 0 saturated carbocycles. The van der Waals surface area contributed by atoms with E-state index in [0.717, 1.165) is 5.56 Å². The van der Waals surface area contributed by atoms with E-state index >= 15 is 0 Å². The standard InChI is InChI=1S/C16H22Cl2N2O3/c1-2-23-15(21)14(12-13-6-4-3-5-7-13)19-16(22)20(10-8-17)11-9-18/h3-7,14H,2,8-12H2,1H3,(H,19,22). The van der Waals surface area contributed by atoms with Crippen LogP contribution in [-0.4, -0.2) is 54.4 Å². The smallest absolute Gasteiger partial charge is 0.329 e. The van der Waals surface area contributed by atoms with E-state index in [2.05, 4.69) is 5.32 Å². The molecule has 1 rings (SSSR count). The van der Waals surface area contributed by atoms with Crippen LogP contribution in [0.4, 0.5) is 4.79 Å². The number of benzene rings is 1. The van der Waals surface area contributed by atoms with E-state index in [1.165, 1.54) is 4.90 Å². The molecule has 0 radical (unpaired) electrons. The molecule has 5 nitrogen and oxygen atoms in total. The Morgan fingerprint density at radius 2 is 1.78 bits per heavy atom. The van der Waals surface area contributed by atoms with E-state index < -0.39 is 12.0 Å². The highest BCUT2D eigenvalue weighted by Crippen LogP contribution is 2.06. The topological polar surface area (TPSA) is 58.6 Å². The first-order chi connectivity index (χ1) is 11.1. The van der Waals surface area contributed by atoms with E-state index in [-0.39, 0.29) is 12.6 Å². The number of rotatable bonds is 9. The van der Waals surface area contributed by atoms with Crippen LogP contribution in [0, 0.1) is 0 Å². The monoisotopic (exact) mass is 360 g/mol. The Balaban J connectivity index is 2.78. The lowest BCUT2D eigenvalue weighted by atomic mass is 10.1. The summed E-state index contributed by atoms with van der Waals surface area (Å²) in [5, 5.41) is 2.71. The first kappa shape index (κ1) is 19.6. The van der Waals surface area contributed by atoms with Crippen molar-refractivity contribution in [2.45, 2.75) is 19.4 Å². The Labute approximate surface area is 146 Å². The van der Waals surface area contributed by atoms with Crippen molar-refractivity contribution in [3.8, 4) is 0 Å². The van der Waals surface area contributed by atoms with Gasteiger partial charge >= 0.3 is 12.0 Å². The number of amides is 2. The van der Waals surface area contributed by atoms with Gasteiger partial charge in [-0.1, -0.05) is 30.3 Å². The van der Waals surface area contributed by atoms with Gasteiger partial charge in [0.05, 0.1) is 6.61 Å². The van der Waals surface area contributed by atoms with Crippen LogP contribution in [0.25, 0.3) is 0 Å². The Bertz CT molecular complexity index is 479. The van der Waals surface area contributed by atoms with Gasteiger partial charge in [-0.05, 0) is 12.5 Å². The van der Waals surface area contributed by atoms with Crippen molar-refractivity contribution in [2.75, 3.05) is 31.5 Å². The Hall–Kier alpha value is -1.46. The van der Waals surface area contributed by atoms with Gasteiger partial charge in [0.1, 0.15) is 6.04 Å². The zero-order valence-corrected chi connectivity index (χ0v) is 14.6. The maximum absolute atomic E-state index is 12.3. The lowest BCUT2D eigenvalue weighted by molar-refractivity contribution is -0.145. The number of nitrogens with zero attached hydrogens (tertiary/aromatic N) is 1. The minimum atomic E-state index is -0.752. The maximum Gasteiger partial charge on any atom is 0.329 e. The number of alkyl halides is 2. The lowest BCUT2D eigenvalue weighted by Gasteiger charge is -2.24. The molecule has 0 aliphatic rings. The summed E-state index contributed by atoms with van der Waals surface area (Å²) >= 11 is 11.4. The normalized spacial score (nSPS) is 11.6. The van der Waals surface area contributed by atoms with Crippen molar-refractivity contribution < 1.29 is 14.3 Å². The number of hydrogen-bond acceptors (Lipinski definition) is 3. The third-order valence-corrected chi connectivity index (χ3v) is 3.49. The third-order valence-electron chi connectivity index (χ3n) is 3.15. The largest absolute Gasteiger partial charge is 0.464 e. The first-order valence-electron chi connectivity index (χ1n) is 7.50. The molecule has 1 N–H and O–H groups in total. The van der Waals surface area contributed by atoms with Crippen molar-refractivity contribution in [3.05, 3.63) is 35.9 Å². The van der Waals surface area contributed by atoms with E-state index in [9.17, 15) is 9.59 Å². The third kappa shape index (κ3) is 7.10. The number of esters is 1. The first-order valence-corrected chi connectivity index (χ1v) is 8.57. The molecule has 0 bridgehead atoms. The maximum atomic E-state index is 12.3. The fourth-order valence-electron chi connectivity index (χ4n) is 2.05. The molecule has 0 aromatic heterocycles. The van der Waals surface area contributed by atoms with Crippen LogP contribution in [-0.2, 0) is 16.0 Å². The molecule has 1 aromatic rings. The number of halogens is 2. The van der Waals surface area contributed by atoms with Crippen molar-refractivity contribution in [3.63, 3.8) is 0 Å². The van der Waals surface area contributed by atoms with Gasteiger partial charge in [0.25, 0.3) is 0 Å². The van der Waals surface area contributed by atoms with Gasteiger partial charge in [-0.15, -0.1) is 23.2 Å². The number of urea groups is 1. The summed E-state index contributed by atoms with van der Waals surface area (Å²) in [7, 11) is 0. The van der Waals surface area contributed by atoms with Gasteiger partial charge < -0.3 is 15.0 Å². The molecule has 0 heterocycles. The van der Waals surface area contributed by atoms with Crippen LogP contribution in [0.15, 0.2) is 30.3 Å². The SMILES string of the molecule is CCOC(=O)C(Cc1ccccc1)NC(=O)N(CCCl)CCCl. The molecule has 1 atom stereocenters. The summed E-state index contributed by atoms with van der Waals surface area (Å²) in [6.07, 6.45) is 0.362. The molecule has 0 aliphatic heterocycles. The summed E-state index contributed by atoms with van der Waals surface area (Å²) < 4.78 is 5.05. The molecule has 0 aliphatic carbocycles. The van der Waals surface area contributed by atoms with Crippen molar-refractivity contribution in [1.82, 2.24) is 10.2 Å². The van der Waals surface area contributed by atoms with E-state index in [4.69, 9.17) is 27.9 Å². The summed E-state index contributed by atoms with van der Waals surface area (Å²) in [5.41, 5.74) is 0.937. The molecule has 2 amide bonds. The Morgan fingerprint density at radius 3 is 2.30 bits per heavy atom. The van der Waals surface area contributed by atoms with Crippen molar-refractivity contribution >= 4 is 35.2 Å². The average molecular weight is 361 g/mol. The molecule has 23 heavy (non-hydrogen) atoms. The molecule has 128 valence electrons. The van der Waals surface area contributed by atoms with Crippen molar-refractivity contribution in [2.24, 2.45) is 0 Å². The van der Waals surface area contributed by atoms with Crippen LogP contribution >= 0.6 is 23.2 Å². The summed E-state index contributed by atoms with van der Waals surface area (Å²) in [5.74, 6) is 0.140. The van der Waals surface area contributed by atoms with Gasteiger partial charge in [-0.2, -0.15) is 0 Å². The predicted molar refractivity (Wildman–Crippen MR) is 92.1 cm³/mol. The number of carbonyl (C=O) groups is 2. The minimum Gasteiger partial charge on any atom is -0.464 e. The van der Waals surface area contributed by atoms with E-state index in [1.54, 1.807) is 6.92 Å². The van der Waals surface area contributed by atoms with Crippen LogP contribution in [0.5, 0.6) is 0 Å². The van der Waals surface area contributed by atoms with Crippen LogP contribution in [0.2, 0.25) is 0 Å². The quantitative estimate of drug-likeness (QED) is 0.543. The van der Waals surface area contributed by atoms with Gasteiger partial charge in [-0.25, -0.2) is 9.59 Å². The lowest BCUT2D eigenvalue weighted by Crippen LogP contribution is -2.50. The minimum absolute atomic E-state index is 0.257. The zero-order chi connectivity index (χ0) is 17.1. The second-order valence-corrected chi connectivity index (χ2v) is 5.56. The Morgan fingerprint density at radius 1 is 1.17 bits per heavy atom. The fraction of sp³-hybridized carbons (Fsp3) is 0.500. The highest BCUT2D eigenvalue weighted by atomic mass is 35.5. The number of hydrogen-bond donors (Lipinski definition) is 1. The fourth-order valence-corrected chi connectivity index (χ4v) is 2.45. The predicted octanol–water partition coefficient (Wildman–Crippen LogP) is 2.65. The molecule has 0 fully saturated rings.